The lowest BCUT2D eigenvalue weighted by Gasteiger charge is -2.40. The van der Waals surface area contributed by atoms with E-state index in [0.29, 0.717) is 13.0 Å². The number of nitrogens with one attached hydrogen (secondary N) is 2. The van der Waals surface area contributed by atoms with Crippen molar-refractivity contribution in [2.24, 2.45) is 0 Å². The number of carbonyl (C=O) groups excluding carboxylic acids is 2. The third-order valence-electron chi connectivity index (χ3n) is 10.2. The van der Waals surface area contributed by atoms with Crippen LogP contribution in [0.1, 0.15) is 73.8 Å². The number of aromatic nitrogens is 2. The van der Waals surface area contributed by atoms with Crippen LogP contribution < -0.4 is 11.0 Å². The molecule has 3 heterocycles. The second-order valence-electron chi connectivity index (χ2n) is 14.0. The van der Waals surface area contributed by atoms with Gasteiger partial charge in [0, 0.05) is 51.1 Å². The van der Waals surface area contributed by atoms with E-state index in [1.165, 1.54) is 6.92 Å². The minimum Gasteiger partial charge on any atom is -0.453 e. The number of benzene rings is 4. The first-order chi connectivity index (χ1) is 25.7. The van der Waals surface area contributed by atoms with Crippen molar-refractivity contribution in [3.63, 3.8) is 0 Å². The monoisotopic (exact) mass is 718 g/mol. The number of H-pyrrole nitrogens is 1. The Hall–Kier alpha value is -5.07. The first-order valence-electron chi connectivity index (χ1n) is 18.3. The molecule has 2 saturated heterocycles. The first-order valence-corrected chi connectivity index (χ1v) is 18.3. The van der Waals surface area contributed by atoms with Crippen molar-refractivity contribution in [3.05, 3.63) is 130 Å². The van der Waals surface area contributed by atoms with Crippen LogP contribution in [0.4, 0.5) is 0 Å². The lowest BCUT2D eigenvalue weighted by molar-refractivity contribution is -0.253. The Morgan fingerprint density at radius 1 is 0.906 bits per heavy atom. The molecule has 0 saturated carbocycles. The molecule has 4 atom stereocenters. The van der Waals surface area contributed by atoms with Crippen LogP contribution in [-0.4, -0.2) is 63.3 Å². The highest BCUT2D eigenvalue weighted by Gasteiger charge is 2.34. The van der Waals surface area contributed by atoms with Crippen molar-refractivity contribution >= 4 is 22.9 Å². The molecule has 0 bridgehead atoms. The number of amides is 1. The number of likely N-dealkylation sites (tertiary alicyclic amines) is 1. The molecule has 2 aliphatic rings. The SMILES string of the molecule is CC(=O)O[C@@H](C)C(=O)NCc1cccc(-c2cccc([C@H]3O[C@@H](CN4CCC(n5c(=O)[nH]c6ccccc65)CC4)C[C@@H](c4ccc(CO)cc4)O3)c2)c1. The van der Waals surface area contributed by atoms with E-state index < -0.39 is 18.4 Å². The Morgan fingerprint density at radius 2 is 1.64 bits per heavy atom. The van der Waals surface area contributed by atoms with Gasteiger partial charge in [-0.15, -0.1) is 0 Å². The van der Waals surface area contributed by atoms with Gasteiger partial charge in [-0.05, 0) is 71.8 Å². The van der Waals surface area contributed by atoms with Crippen LogP contribution in [0.5, 0.6) is 0 Å². The molecule has 4 aromatic carbocycles. The minimum absolute atomic E-state index is 0.0193. The van der Waals surface area contributed by atoms with Crippen molar-refractivity contribution in [1.82, 2.24) is 19.8 Å². The van der Waals surface area contributed by atoms with Crippen LogP contribution in [0.25, 0.3) is 22.2 Å². The summed E-state index contributed by atoms with van der Waals surface area (Å²) in [6.45, 7) is 5.55. The molecule has 0 unspecified atom stereocenters. The van der Waals surface area contributed by atoms with Crippen molar-refractivity contribution in [3.8, 4) is 11.1 Å². The molecule has 53 heavy (non-hydrogen) atoms. The summed E-state index contributed by atoms with van der Waals surface area (Å²) in [5, 5.41) is 12.5. The number of imidazole rings is 1. The third kappa shape index (κ3) is 8.60. The highest BCUT2D eigenvalue weighted by Crippen LogP contribution is 2.39. The Morgan fingerprint density at radius 3 is 2.40 bits per heavy atom. The molecule has 0 spiro atoms. The molecule has 11 nitrogen and oxygen atoms in total. The van der Waals surface area contributed by atoms with E-state index in [1.54, 1.807) is 6.92 Å². The fourth-order valence-corrected chi connectivity index (χ4v) is 7.48. The number of fused-ring (bicyclic) bond motifs is 1. The van der Waals surface area contributed by atoms with Gasteiger partial charge in [0.15, 0.2) is 12.4 Å². The minimum atomic E-state index is -0.869. The summed E-state index contributed by atoms with van der Waals surface area (Å²) in [6.07, 6.45) is 0.634. The highest BCUT2D eigenvalue weighted by atomic mass is 16.7. The van der Waals surface area contributed by atoms with E-state index in [9.17, 15) is 19.5 Å². The number of hydrogen-bond acceptors (Lipinski definition) is 8. The average molecular weight is 719 g/mol. The van der Waals surface area contributed by atoms with E-state index >= 15 is 0 Å². The summed E-state index contributed by atoms with van der Waals surface area (Å²) in [5.74, 6) is -0.859. The molecule has 276 valence electrons. The van der Waals surface area contributed by atoms with Gasteiger partial charge in [-0.1, -0.05) is 72.8 Å². The lowest BCUT2D eigenvalue weighted by atomic mass is 9.97. The number of hydrogen-bond donors (Lipinski definition) is 3. The van der Waals surface area contributed by atoms with Crippen LogP contribution in [-0.2, 0) is 37.0 Å². The summed E-state index contributed by atoms with van der Waals surface area (Å²) >= 11 is 0. The van der Waals surface area contributed by atoms with Gasteiger partial charge in [0.25, 0.3) is 5.91 Å². The number of rotatable bonds is 11. The quantitative estimate of drug-likeness (QED) is 0.143. The molecule has 0 radical (unpaired) electrons. The largest absolute Gasteiger partial charge is 0.453 e. The van der Waals surface area contributed by atoms with Gasteiger partial charge in [-0.25, -0.2) is 4.79 Å². The Balaban J connectivity index is 1.06. The molecule has 11 heteroatoms. The van der Waals surface area contributed by atoms with E-state index in [4.69, 9.17) is 14.2 Å². The zero-order valence-corrected chi connectivity index (χ0v) is 30.1. The van der Waals surface area contributed by atoms with E-state index in [2.05, 4.69) is 21.3 Å². The second-order valence-corrected chi connectivity index (χ2v) is 14.0. The van der Waals surface area contributed by atoms with Crippen molar-refractivity contribution in [2.75, 3.05) is 19.6 Å². The van der Waals surface area contributed by atoms with Gasteiger partial charge in [0.1, 0.15) is 0 Å². The van der Waals surface area contributed by atoms with Crippen molar-refractivity contribution in [2.45, 2.75) is 76.9 Å². The molecule has 5 aromatic rings. The molecular weight excluding hydrogens is 672 g/mol. The zero-order chi connectivity index (χ0) is 36.9. The van der Waals surface area contributed by atoms with Crippen LogP contribution in [0.2, 0.25) is 0 Å². The fourth-order valence-electron chi connectivity index (χ4n) is 7.48. The van der Waals surface area contributed by atoms with E-state index in [1.807, 2.05) is 95.6 Å². The maximum absolute atomic E-state index is 12.9. The lowest BCUT2D eigenvalue weighted by Crippen LogP contribution is -2.43. The number of piperidine rings is 1. The number of aliphatic hydroxyl groups is 1. The van der Waals surface area contributed by atoms with Crippen molar-refractivity contribution in [1.29, 1.82) is 0 Å². The number of carbonyl (C=O) groups is 2. The number of ether oxygens (including phenoxy) is 3. The Labute approximate surface area is 308 Å². The number of aliphatic hydroxyl groups excluding tert-OH is 1. The fraction of sp³-hybridized carbons (Fsp3) is 0.357. The van der Waals surface area contributed by atoms with Crippen LogP contribution in [0.15, 0.2) is 102 Å². The number of para-hydroxylation sites is 2. The van der Waals surface area contributed by atoms with Gasteiger partial charge in [-0.3, -0.25) is 14.2 Å². The van der Waals surface area contributed by atoms with Gasteiger partial charge in [0.2, 0.25) is 0 Å². The van der Waals surface area contributed by atoms with Gasteiger partial charge >= 0.3 is 11.7 Å². The highest BCUT2D eigenvalue weighted by molar-refractivity contribution is 5.83. The zero-order valence-electron chi connectivity index (χ0n) is 30.1. The van der Waals surface area contributed by atoms with Gasteiger partial charge < -0.3 is 34.5 Å². The van der Waals surface area contributed by atoms with E-state index in [-0.39, 0.29) is 36.5 Å². The maximum atomic E-state index is 12.9. The van der Waals surface area contributed by atoms with Crippen LogP contribution in [0.3, 0.4) is 0 Å². The molecule has 3 N–H and O–H groups in total. The summed E-state index contributed by atoms with van der Waals surface area (Å²) in [4.78, 5) is 42.0. The first kappa shape index (κ1) is 36.3. The predicted octanol–water partition coefficient (Wildman–Crippen LogP) is 5.94. The molecule has 2 aliphatic heterocycles. The molecule has 2 fully saturated rings. The normalized spacial score (nSPS) is 20.2. The van der Waals surface area contributed by atoms with E-state index in [0.717, 1.165) is 76.9 Å². The molecule has 1 amide bonds. The number of nitrogens with zero attached hydrogens (tertiary/aromatic N) is 2. The summed E-state index contributed by atoms with van der Waals surface area (Å²) < 4.78 is 20.3. The number of esters is 1. The molecule has 7 rings (SSSR count). The van der Waals surface area contributed by atoms with Gasteiger partial charge in [0.05, 0.1) is 29.8 Å². The van der Waals surface area contributed by atoms with Gasteiger partial charge in [-0.2, -0.15) is 0 Å². The standard InChI is InChI=1S/C42H46N4O7/c1-27(51-28(2)48)40(49)43-24-30-7-5-8-32(21-30)33-9-6-10-34(22-33)41-52-36(23-39(53-41)31-15-13-29(26-47)14-16-31)25-45-19-17-35(18-20-45)46-38-12-4-3-11-37(38)44-42(46)50/h3-16,21-22,27,35-36,39,41,47H,17-20,23-26H2,1-2H3,(H,43,49)(H,44,50)/t27-,36+,39-,41-/m0/s1. The summed E-state index contributed by atoms with van der Waals surface area (Å²) in [5.41, 5.74) is 7.42. The topological polar surface area (TPSA) is 135 Å². The third-order valence-corrected chi connectivity index (χ3v) is 10.2. The molecule has 0 aliphatic carbocycles. The summed E-state index contributed by atoms with van der Waals surface area (Å²) in [7, 11) is 0. The second kappa shape index (κ2) is 16.3. The molecular formula is C42H46N4O7. The summed E-state index contributed by atoms with van der Waals surface area (Å²) in [6, 6.07) is 32.0. The smallest absolute Gasteiger partial charge is 0.326 e. The Bertz CT molecular complexity index is 2100. The van der Waals surface area contributed by atoms with Crippen LogP contribution in [0, 0.1) is 0 Å². The van der Waals surface area contributed by atoms with Crippen molar-refractivity contribution < 1.29 is 28.9 Å². The molecule has 1 aromatic heterocycles. The van der Waals surface area contributed by atoms with Crippen LogP contribution >= 0.6 is 0 Å². The maximum Gasteiger partial charge on any atom is 0.326 e. The Kier molecular flexibility index (Phi) is 11.2. The number of aromatic amines is 1. The average Bonchev–Trinajstić information content (AvgIpc) is 3.52. The predicted molar refractivity (Wildman–Crippen MR) is 201 cm³/mol.